The predicted octanol–water partition coefficient (Wildman–Crippen LogP) is 15.7. The third kappa shape index (κ3) is 5.95. The monoisotopic (exact) mass is 735 g/mol. The number of nitrogens with zero attached hydrogens (tertiary/aromatic N) is 1. The Kier molecular flexibility index (Phi) is 8.09. The summed E-state index contributed by atoms with van der Waals surface area (Å²) in [6, 6.07) is 66.4. The van der Waals surface area contributed by atoms with Gasteiger partial charge in [0.1, 0.15) is 11.2 Å². The highest BCUT2D eigenvalue weighted by atomic mass is 16.3. The molecule has 1 aliphatic carbocycles. The number of hydrogen-bond acceptors (Lipinski definition) is 2. The van der Waals surface area contributed by atoms with Gasteiger partial charge in [0.15, 0.2) is 0 Å². The van der Waals surface area contributed by atoms with Crippen LogP contribution in [-0.4, -0.2) is 0 Å². The van der Waals surface area contributed by atoms with Crippen molar-refractivity contribution in [2.24, 2.45) is 0 Å². The third-order valence-corrected chi connectivity index (χ3v) is 12.0. The molecular formula is C55H45NO. The molecule has 57 heavy (non-hydrogen) atoms. The second-order valence-corrected chi connectivity index (χ2v) is 17.0. The molecule has 2 heteroatoms. The van der Waals surface area contributed by atoms with Crippen LogP contribution < -0.4 is 4.90 Å². The quantitative estimate of drug-likeness (QED) is 0.169. The van der Waals surface area contributed by atoms with Crippen molar-refractivity contribution in [3.63, 3.8) is 0 Å². The number of rotatable bonds is 6. The molecule has 0 saturated carbocycles. The van der Waals surface area contributed by atoms with Crippen molar-refractivity contribution in [1.29, 1.82) is 0 Å². The van der Waals surface area contributed by atoms with E-state index in [1.807, 2.05) is 12.1 Å². The first-order valence-electron chi connectivity index (χ1n) is 20.0. The summed E-state index contributed by atoms with van der Waals surface area (Å²) < 4.78 is 6.22. The summed E-state index contributed by atoms with van der Waals surface area (Å²) in [5.41, 5.74) is 18.9. The Balaban J connectivity index is 1.06. The number of para-hydroxylation sites is 1. The molecule has 1 heterocycles. The van der Waals surface area contributed by atoms with Gasteiger partial charge in [-0.25, -0.2) is 0 Å². The van der Waals surface area contributed by atoms with Crippen LogP contribution in [0.15, 0.2) is 186 Å². The van der Waals surface area contributed by atoms with E-state index in [1.54, 1.807) is 0 Å². The van der Waals surface area contributed by atoms with Gasteiger partial charge in [-0.3, -0.25) is 0 Å². The van der Waals surface area contributed by atoms with E-state index in [0.29, 0.717) is 0 Å². The highest BCUT2D eigenvalue weighted by Gasteiger charge is 2.36. The molecule has 276 valence electrons. The van der Waals surface area contributed by atoms with Gasteiger partial charge in [-0.15, -0.1) is 0 Å². The molecule has 0 N–H and O–H groups in total. The smallest absolute Gasteiger partial charge is 0.136 e. The summed E-state index contributed by atoms with van der Waals surface area (Å²) >= 11 is 0. The Morgan fingerprint density at radius 3 is 1.72 bits per heavy atom. The predicted molar refractivity (Wildman–Crippen MR) is 241 cm³/mol. The molecular weight excluding hydrogens is 691 g/mol. The van der Waals surface area contributed by atoms with Crippen molar-refractivity contribution >= 4 is 39.0 Å². The first-order valence-corrected chi connectivity index (χ1v) is 20.0. The molecule has 8 aromatic carbocycles. The van der Waals surface area contributed by atoms with Crippen molar-refractivity contribution < 1.29 is 4.42 Å². The average molecular weight is 736 g/mol. The first kappa shape index (κ1) is 34.8. The van der Waals surface area contributed by atoms with E-state index in [9.17, 15) is 0 Å². The molecule has 1 aliphatic rings. The van der Waals surface area contributed by atoms with E-state index >= 15 is 0 Å². The Hall–Kier alpha value is -6.64. The van der Waals surface area contributed by atoms with Crippen LogP contribution in [0.25, 0.3) is 66.4 Å². The molecule has 0 aliphatic heterocycles. The first-order chi connectivity index (χ1) is 27.6. The van der Waals surface area contributed by atoms with Gasteiger partial charge in [0.05, 0.1) is 0 Å². The topological polar surface area (TPSA) is 16.4 Å². The summed E-state index contributed by atoms with van der Waals surface area (Å²) in [6.45, 7) is 11.7. The van der Waals surface area contributed by atoms with Crippen LogP contribution in [0.3, 0.4) is 0 Å². The summed E-state index contributed by atoms with van der Waals surface area (Å²) in [5.74, 6) is 0. The van der Waals surface area contributed by atoms with Gasteiger partial charge < -0.3 is 9.32 Å². The molecule has 0 unspecified atom stereocenters. The van der Waals surface area contributed by atoms with E-state index in [4.69, 9.17) is 4.42 Å². The molecule has 0 fully saturated rings. The summed E-state index contributed by atoms with van der Waals surface area (Å²) in [5, 5.41) is 2.30. The number of fused-ring (bicyclic) bond motifs is 6. The zero-order valence-electron chi connectivity index (χ0n) is 33.2. The molecule has 0 atom stereocenters. The van der Waals surface area contributed by atoms with E-state index in [-0.39, 0.29) is 10.8 Å². The zero-order valence-corrected chi connectivity index (χ0v) is 33.2. The van der Waals surface area contributed by atoms with Gasteiger partial charge in [0.25, 0.3) is 0 Å². The molecule has 2 nitrogen and oxygen atoms in total. The van der Waals surface area contributed by atoms with Gasteiger partial charge in [-0.05, 0) is 121 Å². The number of anilines is 3. The Morgan fingerprint density at radius 2 is 0.965 bits per heavy atom. The fourth-order valence-electron chi connectivity index (χ4n) is 8.96. The van der Waals surface area contributed by atoms with Crippen molar-refractivity contribution in [2.75, 3.05) is 4.90 Å². The van der Waals surface area contributed by atoms with Crippen molar-refractivity contribution in [3.8, 4) is 44.5 Å². The Labute approximate surface area is 335 Å². The van der Waals surface area contributed by atoms with Crippen LogP contribution >= 0.6 is 0 Å². The van der Waals surface area contributed by atoms with Crippen molar-refractivity contribution in [3.05, 3.63) is 199 Å². The lowest BCUT2D eigenvalue weighted by Gasteiger charge is -2.33. The van der Waals surface area contributed by atoms with Gasteiger partial charge in [-0.1, -0.05) is 162 Å². The fourth-order valence-corrected chi connectivity index (χ4v) is 8.96. The lowest BCUT2D eigenvalue weighted by atomic mass is 9.82. The van der Waals surface area contributed by atoms with Crippen LogP contribution in [0.5, 0.6) is 0 Å². The van der Waals surface area contributed by atoms with Crippen LogP contribution in [-0.2, 0) is 10.8 Å². The fraction of sp³-hybridized carbons (Fsp3) is 0.127. The van der Waals surface area contributed by atoms with E-state index in [2.05, 4.69) is 209 Å². The molecule has 0 radical (unpaired) electrons. The molecule has 10 rings (SSSR count). The average Bonchev–Trinajstić information content (AvgIpc) is 3.72. The zero-order chi connectivity index (χ0) is 38.9. The maximum atomic E-state index is 6.22. The minimum Gasteiger partial charge on any atom is -0.456 e. The molecule has 0 spiro atoms. The van der Waals surface area contributed by atoms with Crippen molar-refractivity contribution in [2.45, 2.75) is 45.4 Å². The van der Waals surface area contributed by atoms with Crippen LogP contribution in [0, 0.1) is 0 Å². The van der Waals surface area contributed by atoms with E-state index in [0.717, 1.165) is 38.9 Å². The highest BCUT2D eigenvalue weighted by Crippen LogP contribution is 2.51. The van der Waals surface area contributed by atoms with E-state index in [1.165, 1.54) is 61.3 Å². The van der Waals surface area contributed by atoms with Crippen molar-refractivity contribution in [1.82, 2.24) is 0 Å². The van der Waals surface area contributed by atoms with Crippen LogP contribution in [0.4, 0.5) is 17.1 Å². The largest absolute Gasteiger partial charge is 0.456 e. The maximum absolute atomic E-state index is 6.22. The highest BCUT2D eigenvalue weighted by molar-refractivity contribution is 6.06. The molecule has 1 aromatic heterocycles. The lowest BCUT2D eigenvalue weighted by molar-refractivity contribution is 0.591. The summed E-state index contributed by atoms with van der Waals surface area (Å²) in [7, 11) is 0. The van der Waals surface area contributed by atoms with Gasteiger partial charge in [0.2, 0.25) is 0 Å². The molecule has 0 bridgehead atoms. The standard InChI is InChI=1S/C55H45NO/c1-54(2,3)50-33-40(38-19-21-39(22-20-38)41-25-30-47-46-16-10-12-18-52(46)57-53(47)34-41)26-32-51(50)56(42-27-23-37(24-28-42)36-13-7-6-8-14-36)43-29-31-45-44-15-9-11-17-48(44)55(4,5)49(45)35-43/h6-35H,1-5H3. The molecule has 0 amide bonds. The lowest BCUT2D eigenvalue weighted by Crippen LogP contribution is -2.20. The van der Waals surface area contributed by atoms with Gasteiger partial charge in [0, 0.05) is 33.2 Å². The Bertz CT molecular complexity index is 2940. The van der Waals surface area contributed by atoms with Gasteiger partial charge in [-0.2, -0.15) is 0 Å². The minimum atomic E-state index is -0.137. The third-order valence-electron chi connectivity index (χ3n) is 12.0. The molecule has 9 aromatic rings. The SMILES string of the molecule is CC(C)(C)c1cc(-c2ccc(-c3ccc4c(c3)oc3ccccc34)cc2)ccc1N(c1ccc(-c2ccccc2)cc1)c1ccc2c(c1)C(C)(C)c1ccccc1-2. The van der Waals surface area contributed by atoms with Crippen LogP contribution in [0.2, 0.25) is 0 Å². The normalized spacial score (nSPS) is 13.1. The minimum absolute atomic E-state index is 0.106. The maximum Gasteiger partial charge on any atom is 0.136 e. The number of benzene rings is 8. The second-order valence-electron chi connectivity index (χ2n) is 17.0. The van der Waals surface area contributed by atoms with E-state index < -0.39 is 0 Å². The second kappa shape index (κ2) is 13.2. The Morgan fingerprint density at radius 1 is 0.421 bits per heavy atom. The summed E-state index contributed by atoms with van der Waals surface area (Å²) in [4.78, 5) is 2.47. The van der Waals surface area contributed by atoms with Crippen LogP contribution in [0.1, 0.15) is 51.3 Å². The van der Waals surface area contributed by atoms with Gasteiger partial charge >= 0.3 is 0 Å². The summed E-state index contributed by atoms with van der Waals surface area (Å²) in [6.07, 6.45) is 0. The number of furan rings is 1. The number of hydrogen-bond donors (Lipinski definition) is 0. The molecule has 0 saturated heterocycles.